The fraction of sp³-hybridized carbons (Fsp3) is 0.333. The van der Waals surface area contributed by atoms with E-state index < -0.39 is 22.9 Å². The predicted octanol–water partition coefficient (Wildman–Crippen LogP) is 2.74. The van der Waals surface area contributed by atoms with Gasteiger partial charge in [0, 0.05) is 18.7 Å². The van der Waals surface area contributed by atoms with Crippen LogP contribution in [0.3, 0.4) is 0 Å². The van der Waals surface area contributed by atoms with Crippen molar-refractivity contribution in [3.05, 3.63) is 30.1 Å². The Labute approximate surface area is 171 Å². The van der Waals surface area contributed by atoms with Gasteiger partial charge < -0.3 is 29.2 Å². The number of imidazole rings is 1. The van der Waals surface area contributed by atoms with Crippen molar-refractivity contribution in [2.45, 2.75) is 18.9 Å². The Hall–Kier alpha value is -3.33. The number of phenolic OH excluding ortho intramolecular Hbond substituents is 2. The fourth-order valence-corrected chi connectivity index (χ4v) is 4.01. The van der Waals surface area contributed by atoms with Crippen molar-refractivity contribution in [1.29, 1.82) is 0 Å². The van der Waals surface area contributed by atoms with Gasteiger partial charge in [-0.05, 0) is 31.2 Å². The summed E-state index contributed by atoms with van der Waals surface area (Å²) < 4.78 is 27.4. The first-order valence-corrected chi connectivity index (χ1v) is 9.54. The topological polar surface area (TPSA) is 97.1 Å². The lowest BCUT2D eigenvalue weighted by atomic mass is 9.98. The van der Waals surface area contributed by atoms with Crippen molar-refractivity contribution < 1.29 is 28.9 Å². The number of benzene rings is 2. The average Bonchev–Trinajstić information content (AvgIpc) is 3.08. The summed E-state index contributed by atoms with van der Waals surface area (Å²) in [6.45, 7) is 3.46. The smallest absolute Gasteiger partial charge is 0.228 e. The Kier molecular flexibility index (Phi) is 3.94. The minimum atomic E-state index is -0.994. The third kappa shape index (κ3) is 2.48. The number of phenols is 2. The van der Waals surface area contributed by atoms with Crippen molar-refractivity contribution in [3.8, 4) is 28.6 Å². The summed E-state index contributed by atoms with van der Waals surface area (Å²) >= 11 is 0. The maximum absolute atomic E-state index is 15.0. The molecule has 0 atom stereocenters. The molecule has 0 saturated carbocycles. The SMILES string of the molecule is COc1cc(-c2nc3cc(N4CCC4=O)ccc3n2C2(C)COC2)c(F)c(O)c1O. The standard InChI is InChI=1S/C21H20FN3O5/c1-21(9-30-10-21)25-14-4-3-11(24-6-5-16(24)26)7-13(14)23-20(25)12-8-15(29-2)18(27)19(28)17(12)22/h3-4,7-8,27-28H,5-6,9-10H2,1-2H3. The molecule has 2 aliphatic rings. The van der Waals surface area contributed by atoms with Crippen LogP contribution >= 0.6 is 0 Å². The van der Waals surface area contributed by atoms with Crippen LogP contribution in [0.25, 0.3) is 22.4 Å². The Morgan fingerprint density at radius 2 is 2.00 bits per heavy atom. The third-order valence-corrected chi connectivity index (χ3v) is 5.80. The first kappa shape index (κ1) is 18.7. The monoisotopic (exact) mass is 413 g/mol. The Morgan fingerprint density at radius 1 is 1.23 bits per heavy atom. The van der Waals surface area contributed by atoms with Gasteiger partial charge in [0.05, 0.1) is 42.5 Å². The summed E-state index contributed by atoms with van der Waals surface area (Å²) in [5.41, 5.74) is 1.59. The molecule has 9 heteroatoms. The van der Waals surface area contributed by atoms with E-state index in [0.29, 0.717) is 31.7 Å². The number of ether oxygens (including phenoxy) is 2. The van der Waals surface area contributed by atoms with E-state index in [9.17, 15) is 15.0 Å². The summed E-state index contributed by atoms with van der Waals surface area (Å²) in [5, 5.41) is 20.0. The van der Waals surface area contributed by atoms with Gasteiger partial charge in [-0.2, -0.15) is 0 Å². The zero-order valence-electron chi connectivity index (χ0n) is 16.5. The van der Waals surface area contributed by atoms with Crippen molar-refractivity contribution in [3.63, 3.8) is 0 Å². The molecule has 2 saturated heterocycles. The number of aromatic hydroxyl groups is 2. The molecule has 2 aromatic carbocycles. The van der Waals surface area contributed by atoms with E-state index in [4.69, 9.17) is 9.47 Å². The molecule has 3 heterocycles. The zero-order chi connectivity index (χ0) is 21.2. The molecule has 0 unspecified atom stereocenters. The molecule has 0 radical (unpaired) electrons. The van der Waals surface area contributed by atoms with Gasteiger partial charge in [-0.15, -0.1) is 0 Å². The van der Waals surface area contributed by atoms with Crippen molar-refractivity contribution >= 4 is 22.6 Å². The van der Waals surface area contributed by atoms with Crippen molar-refractivity contribution in [1.82, 2.24) is 9.55 Å². The number of methoxy groups -OCH3 is 1. The summed E-state index contributed by atoms with van der Waals surface area (Å²) in [5.74, 6) is -2.30. The molecule has 1 aromatic heterocycles. The lowest BCUT2D eigenvalue weighted by Gasteiger charge is -2.41. The molecule has 8 nitrogen and oxygen atoms in total. The second kappa shape index (κ2) is 6.33. The number of anilines is 1. The quantitative estimate of drug-likeness (QED) is 0.504. The highest BCUT2D eigenvalue weighted by atomic mass is 19.1. The minimum absolute atomic E-state index is 0.00643. The summed E-state index contributed by atoms with van der Waals surface area (Å²) in [6.07, 6.45) is 0.519. The van der Waals surface area contributed by atoms with Gasteiger partial charge in [-0.25, -0.2) is 9.37 Å². The lowest BCUT2D eigenvalue weighted by Crippen LogP contribution is -2.49. The fourth-order valence-electron chi connectivity index (χ4n) is 4.01. The molecule has 2 aliphatic heterocycles. The molecule has 30 heavy (non-hydrogen) atoms. The van der Waals surface area contributed by atoms with E-state index in [-0.39, 0.29) is 23.0 Å². The Balaban J connectivity index is 1.76. The number of fused-ring (bicyclic) bond motifs is 1. The van der Waals surface area contributed by atoms with E-state index >= 15 is 4.39 Å². The van der Waals surface area contributed by atoms with Gasteiger partial charge in [0.15, 0.2) is 17.3 Å². The van der Waals surface area contributed by atoms with E-state index in [1.165, 1.54) is 13.2 Å². The van der Waals surface area contributed by atoms with Crippen LogP contribution in [0.2, 0.25) is 0 Å². The van der Waals surface area contributed by atoms with Crippen LogP contribution in [0, 0.1) is 5.82 Å². The summed E-state index contributed by atoms with van der Waals surface area (Å²) in [6, 6.07) is 6.80. The number of aromatic nitrogens is 2. The number of carbonyl (C=O) groups excluding carboxylic acids is 1. The number of nitrogens with zero attached hydrogens (tertiary/aromatic N) is 3. The van der Waals surface area contributed by atoms with E-state index in [1.807, 2.05) is 23.6 Å². The van der Waals surface area contributed by atoms with Crippen LogP contribution in [-0.2, 0) is 15.1 Å². The number of hydrogen-bond acceptors (Lipinski definition) is 6. The van der Waals surface area contributed by atoms with Crippen molar-refractivity contribution in [2.75, 3.05) is 31.8 Å². The predicted molar refractivity (Wildman–Crippen MR) is 106 cm³/mol. The summed E-state index contributed by atoms with van der Waals surface area (Å²) in [4.78, 5) is 18.1. The van der Waals surface area contributed by atoms with E-state index in [1.54, 1.807) is 11.0 Å². The molecule has 3 aromatic rings. The summed E-state index contributed by atoms with van der Waals surface area (Å²) in [7, 11) is 1.32. The van der Waals surface area contributed by atoms with Crippen LogP contribution in [0.5, 0.6) is 17.2 Å². The number of hydrogen-bond donors (Lipinski definition) is 2. The second-order valence-corrected chi connectivity index (χ2v) is 7.87. The molecule has 1 amide bonds. The Morgan fingerprint density at radius 3 is 2.57 bits per heavy atom. The average molecular weight is 413 g/mol. The molecule has 0 bridgehead atoms. The second-order valence-electron chi connectivity index (χ2n) is 7.87. The number of halogens is 1. The zero-order valence-corrected chi connectivity index (χ0v) is 16.5. The molecule has 0 aliphatic carbocycles. The van der Waals surface area contributed by atoms with Crippen LogP contribution < -0.4 is 9.64 Å². The molecule has 5 rings (SSSR count). The van der Waals surface area contributed by atoms with Crippen molar-refractivity contribution in [2.24, 2.45) is 0 Å². The third-order valence-electron chi connectivity index (χ3n) is 5.80. The first-order chi connectivity index (χ1) is 14.3. The molecule has 2 fully saturated rings. The molecule has 156 valence electrons. The molecule has 0 spiro atoms. The van der Waals surface area contributed by atoms with Gasteiger partial charge in [-0.3, -0.25) is 4.79 Å². The van der Waals surface area contributed by atoms with Gasteiger partial charge in [-0.1, -0.05) is 0 Å². The Bertz CT molecular complexity index is 1200. The number of carbonyl (C=O) groups is 1. The molecule has 2 N–H and O–H groups in total. The lowest BCUT2D eigenvalue weighted by molar-refractivity contribution is -0.122. The van der Waals surface area contributed by atoms with Gasteiger partial charge in [0.1, 0.15) is 5.82 Å². The molecular formula is C21H20FN3O5. The van der Waals surface area contributed by atoms with Gasteiger partial charge in [0.2, 0.25) is 11.7 Å². The highest BCUT2D eigenvalue weighted by Crippen LogP contribution is 2.45. The van der Waals surface area contributed by atoms with E-state index in [0.717, 1.165) is 11.2 Å². The van der Waals surface area contributed by atoms with E-state index in [2.05, 4.69) is 4.98 Å². The van der Waals surface area contributed by atoms with Gasteiger partial charge in [0.25, 0.3) is 0 Å². The highest BCUT2D eigenvalue weighted by Gasteiger charge is 2.40. The van der Waals surface area contributed by atoms with Crippen LogP contribution in [-0.4, -0.2) is 52.5 Å². The van der Waals surface area contributed by atoms with Crippen LogP contribution in [0.4, 0.5) is 10.1 Å². The number of amides is 1. The van der Waals surface area contributed by atoms with Gasteiger partial charge >= 0.3 is 0 Å². The highest BCUT2D eigenvalue weighted by molar-refractivity contribution is 6.01. The first-order valence-electron chi connectivity index (χ1n) is 9.54. The number of rotatable bonds is 4. The maximum Gasteiger partial charge on any atom is 0.228 e. The minimum Gasteiger partial charge on any atom is -0.502 e. The van der Waals surface area contributed by atoms with Crippen LogP contribution in [0.15, 0.2) is 24.3 Å². The number of β-lactam (4-membered cyclic amide) rings is 1. The normalized spacial score (nSPS) is 17.7. The van der Waals surface area contributed by atoms with Crippen LogP contribution in [0.1, 0.15) is 13.3 Å². The largest absolute Gasteiger partial charge is 0.502 e. The maximum atomic E-state index is 15.0. The molecular weight excluding hydrogens is 393 g/mol.